The second-order valence-corrected chi connectivity index (χ2v) is 7.15. The number of aromatic nitrogens is 4. The van der Waals surface area contributed by atoms with Gasteiger partial charge in [0.2, 0.25) is 0 Å². The predicted molar refractivity (Wildman–Crippen MR) is 98.3 cm³/mol. The number of rotatable bonds is 4. The summed E-state index contributed by atoms with van der Waals surface area (Å²) < 4.78 is 18.1. The molecule has 4 aromatic heterocycles. The fraction of sp³-hybridized carbons (Fsp3) is 0.250. The topological polar surface area (TPSA) is 72.4 Å². The van der Waals surface area contributed by atoms with E-state index in [9.17, 15) is 14.3 Å². The zero-order valence-corrected chi connectivity index (χ0v) is 14.7. The average molecular weight is 364 g/mol. The Labute approximate surface area is 153 Å². The number of hydrogen-bond donors (Lipinski definition) is 1. The zero-order chi connectivity index (χ0) is 18.7. The molecule has 1 aliphatic carbocycles. The number of aromatic carboxylic acids is 1. The van der Waals surface area contributed by atoms with Gasteiger partial charge in [0.1, 0.15) is 22.7 Å². The molecule has 0 aliphatic heterocycles. The second kappa shape index (κ2) is 5.64. The van der Waals surface area contributed by atoms with Crippen molar-refractivity contribution in [2.24, 2.45) is 5.92 Å². The molecule has 5 rings (SSSR count). The number of carboxylic acid groups (broad SMARTS) is 1. The van der Waals surface area contributed by atoms with Gasteiger partial charge in [0, 0.05) is 29.9 Å². The molecule has 1 aliphatic rings. The first-order valence-electron chi connectivity index (χ1n) is 8.89. The normalized spacial score (nSPS) is 14.3. The van der Waals surface area contributed by atoms with Crippen molar-refractivity contribution in [1.82, 2.24) is 19.2 Å². The monoisotopic (exact) mass is 364 g/mol. The molecule has 0 radical (unpaired) electrons. The first-order valence-corrected chi connectivity index (χ1v) is 8.89. The Morgan fingerprint density at radius 2 is 2.19 bits per heavy atom. The van der Waals surface area contributed by atoms with Gasteiger partial charge in [0.15, 0.2) is 0 Å². The van der Waals surface area contributed by atoms with Gasteiger partial charge in [-0.2, -0.15) is 5.10 Å². The first kappa shape index (κ1) is 16.0. The van der Waals surface area contributed by atoms with Gasteiger partial charge >= 0.3 is 5.97 Å². The number of nitrogens with zero attached hydrogens (tertiary/aromatic N) is 4. The summed E-state index contributed by atoms with van der Waals surface area (Å²) in [5.74, 6) is -1.14. The maximum absolute atomic E-state index is 14.6. The molecule has 1 N–H and O–H groups in total. The number of halogens is 1. The number of pyridine rings is 2. The highest BCUT2D eigenvalue weighted by Crippen LogP contribution is 2.36. The van der Waals surface area contributed by atoms with Crippen LogP contribution in [0.4, 0.5) is 4.39 Å². The van der Waals surface area contributed by atoms with Crippen LogP contribution in [0, 0.1) is 18.7 Å². The van der Waals surface area contributed by atoms with Gasteiger partial charge < -0.3 is 9.67 Å². The van der Waals surface area contributed by atoms with Crippen molar-refractivity contribution in [3.05, 3.63) is 53.6 Å². The lowest BCUT2D eigenvalue weighted by Crippen LogP contribution is -2.03. The van der Waals surface area contributed by atoms with Gasteiger partial charge in [-0.15, -0.1) is 0 Å². The third-order valence-electron chi connectivity index (χ3n) is 5.20. The van der Waals surface area contributed by atoms with E-state index in [2.05, 4.69) is 14.6 Å². The van der Waals surface area contributed by atoms with E-state index < -0.39 is 11.8 Å². The summed E-state index contributed by atoms with van der Waals surface area (Å²) in [5, 5.41) is 14.7. The van der Waals surface area contributed by atoms with E-state index in [0.29, 0.717) is 22.7 Å². The number of carbonyl (C=O) groups is 1. The Kier molecular flexibility index (Phi) is 3.34. The quantitative estimate of drug-likeness (QED) is 0.596. The molecule has 0 unspecified atom stereocenters. The molecule has 27 heavy (non-hydrogen) atoms. The highest BCUT2D eigenvalue weighted by molar-refractivity contribution is 5.89. The minimum atomic E-state index is -1.18. The van der Waals surface area contributed by atoms with Gasteiger partial charge in [-0.05, 0) is 49.9 Å². The molecule has 4 heterocycles. The van der Waals surface area contributed by atoms with Gasteiger partial charge in [0.25, 0.3) is 0 Å². The summed E-state index contributed by atoms with van der Waals surface area (Å²) in [6.07, 6.45) is 5.52. The van der Waals surface area contributed by atoms with E-state index in [1.54, 1.807) is 6.20 Å². The summed E-state index contributed by atoms with van der Waals surface area (Å²) in [6.45, 7) is 2.67. The summed E-state index contributed by atoms with van der Waals surface area (Å²) in [4.78, 5) is 15.8. The molecule has 0 spiro atoms. The summed E-state index contributed by atoms with van der Waals surface area (Å²) in [5.41, 5.74) is 3.27. The van der Waals surface area contributed by atoms with Crippen LogP contribution in [0.5, 0.6) is 0 Å². The van der Waals surface area contributed by atoms with E-state index in [1.165, 1.54) is 23.6 Å². The van der Waals surface area contributed by atoms with Crippen molar-refractivity contribution in [3.63, 3.8) is 0 Å². The van der Waals surface area contributed by atoms with Crippen LogP contribution >= 0.6 is 0 Å². The first-order chi connectivity index (χ1) is 13.0. The van der Waals surface area contributed by atoms with Gasteiger partial charge in [-0.3, -0.25) is 0 Å². The number of carboxylic acids is 1. The summed E-state index contributed by atoms with van der Waals surface area (Å²) in [7, 11) is 0. The Morgan fingerprint density at radius 1 is 1.37 bits per heavy atom. The van der Waals surface area contributed by atoms with Crippen molar-refractivity contribution >= 4 is 22.5 Å². The zero-order valence-electron chi connectivity index (χ0n) is 14.7. The van der Waals surface area contributed by atoms with Crippen molar-refractivity contribution in [2.75, 3.05) is 0 Å². The van der Waals surface area contributed by atoms with Crippen LogP contribution in [0.2, 0.25) is 0 Å². The molecule has 6 nitrogen and oxygen atoms in total. The minimum Gasteiger partial charge on any atom is -0.478 e. The Balaban J connectivity index is 1.77. The van der Waals surface area contributed by atoms with Crippen molar-refractivity contribution < 1.29 is 14.3 Å². The fourth-order valence-corrected chi connectivity index (χ4v) is 3.66. The van der Waals surface area contributed by atoms with Crippen molar-refractivity contribution in [2.45, 2.75) is 26.3 Å². The molecule has 7 heteroatoms. The Hall–Kier alpha value is -3.22. The largest absolute Gasteiger partial charge is 0.478 e. The third kappa shape index (κ3) is 2.50. The Bertz CT molecular complexity index is 1220. The number of hydrogen-bond acceptors (Lipinski definition) is 3. The smallest absolute Gasteiger partial charge is 0.337 e. The predicted octanol–water partition coefficient (Wildman–Crippen LogP) is 3.91. The molecule has 1 fully saturated rings. The Morgan fingerprint density at radius 3 is 2.93 bits per heavy atom. The molecule has 0 bridgehead atoms. The molecule has 0 aromatic carbocycles. The van der Waals surface area contributed by atoms with Crippen LogP contribution in [-0.4, -0.2) is 30.2 Å². The summed E-state index contributed by atoms with van der Waals surface area (Å²) >= 11 is 0. The maximum Gasteiger partial charge on any atom is 0.337 e. The van der Waals surface area contributed by atoms with Crippen LogP contribution in [0.3, 0.4) is 0 Å². The van der Waals surface area contributed by atoms with Crippen LogP contribution in [0.25, 0.3) is 27.9 Å². The van der Waals surface area contributed by atoms with Crippen molar-refractivity contribution in [1.29, 1.82) is 0 Å². The average Bonchev–Trinajstić information content (AvgIpc) is 3.30. The van der Waals surface area contributed by atoms with E-state index in [1.807, 2.05) is 25.1 Å². The fourth-order valence-electron chi connectivity index (χ4n) is 3.66. The lowest BCUT2D eigenvalue weighted by atomic mass is 10.1. The van der Waals surface area contributed by atoms with E-state index in [-0.39, 0.29) is 5.56 Å². The molecule has 0 amide bonds. The maximum atomic E-state index is 14.6. The highest BCUT2D eigenvalue weighted by Gasteiger charge is 2.26. The van der Waals surface area contributed by atoms with Crippen molar-refractivity contribution in [3.8, 4) is 11.4 Å². The van der Waals surface area contributed by atoms with Crippen LogP contribution in [-0.2, 0) is 6.54 Å². The molecule has 0 saturated heterocycles. The van der Waals surface area contributed by atoms with Gasteiger partial charge in [0.05, 0.1) is 11.3 Å². The molecule has 1 saturated carbocycles. The molecule has 0 atom stereocenters. The molecule has 4 aromatic rings. The second-order valence-electron chi connectivity index (χ2n) is 7.15. The molecule has 136 valence electrons. The van der Waals surface area contributed by atoms with E-state index in [0.717, 1.165) is 29.3 Å². The standard InChI is InChI=1S/C20H17FN4O2/c1-11-17(23-25-10-14(20(26)27)7-15(21)18(11)25)16-8-13-3-2-6-22-19(13)24(16)9-12-4-5-12/h2-3,6-8,10,12H,4-5,9H2,1H3,(H,26,27). The van der Waals surface area contributed by atoms with Gasteiger partial charge in [-0.1, -0.05) is 0 Å². The molecular formula is C20H17FN4O2. The van der Waals surface area contributed by atoms with E-state index in [4.69, 9.17) is 0 Å². The third-order valence-corrected chi connectivity index (χ3v) is 5.20. The number of fused-ring (bicyclic) bond motifs is 2. The van der Waals surface area contributed by atoms with Crippen LogP contribution in [0.1, 0.15) is 28.8 Å². The number of aryl methyl sites for hydroxylation is 1. The molecular weight excluding hydrogens is 347 g/mol. The van der Waals surface area contributed by atoms with Gasteiger partial charge in [-0.25, -0.2) is 18.7 Å². The lowest BCUT2D eigenvalue weighted by Gasteiger charge is -2.08. The SMILES string of the molecule is Cc1c(-c2cc3cccnc3n2CC2CC2)nn2cc(C(=O)O)cc(F)c12. The summed E-state index contributed by atoms with van der Waals surface area (Å²) in [6, 6.07) is 6.96. The van der Waals surface area contributed by atoms with Crippen LogP contribution in [0.15, 0.2) is 36.7 Å². The lowest BCUT2D eigenvalue weighted by molar-refractivity contribution is 0.0695. The van der Waals surface area contributed by atoms with Crippen LogP contribution < -0.4 is 0 Å². The highest BCUT2D eigenvalue weighted by atomic mass is 19.1. The van der Waals surface area contributed by atoms with E-state index >= 15 is 0 Å². The minimum absolute atomic E-state index is 0.130.